The highest BCUT2D eigenvalue weighted by atomic mass is 32.2. The minimum atomic E-state index is -3.46. The minimum Gasteiger partial charge on any atom is -0.444 e. The number of benzene rings is 1. The summed E-state index contributed by atoms with van der Waals surface area (Å²) in [6, 6.07) is 7.78. The summed E-state index contributed by atoms with van der Waals surface area (Å²) >= 11 is 0. The lowest BCUT2D eigenvalue weighted by atomic mass is 10.1. The van der Waals surface area contributed by atoms with Gasteiger partial charge < -0.3 is 10.1 Å². The zero-order valence-corrected chi connectivity index (χ0v) is 15.3. The molecule has 0 aliphatic carbocycles. The normalized spacial score (nSPS) is 13.7. The predicted octanol–water partition coefficient (Wildman–Crippen LogP) is 3.40. The van der Waals surface area contributed by atoms with Crippen molar-refractivity contribution in [3.63, 3.8) is 0 Å². The first-order valence-corrected chi connectivity index (χ1v) is 9.42. The van der Waals surface area contributed by atoms with Gasteiger partial charge in [0.2, 0.25) is 0 Å². The van der Waals surface area contributed by atoms with Gasteiger partial charge in [0, 0.05) is 6.04 Å². The molecular weight excluding hydrogens is 314 g/mol. The zero-order chi connectivity index (χ0) is 17.7. The van der Waals surface area contributed by atoms with Gasteiger partial charge in [-0.1, -0.05) is 32.0 Å². The van der Waals surface area contributed by atoms with E-state index in [0.29, 0.717) is 6.42 Å². The molecule has 1 rings (SSSR count). The first-order chi connectivity index (χ1) is 10.5. The maximum Gasteiger partial charge on any atom is 0.407 e. The van der Waals surface area contributed by atoms with Gasteiger partial charge in [0.15, 0.2) is 9.84 Å². The summed E-state index contributed by atoms with van der Waals surface area (Å²) in [5.41, 5.74) is -0.620. The molecule has 0 aliphatic heterocycles. The van der Waals surface area contributed by atoms with Gasteiger partial charge in [-0.25, -0.2) is 13.2 Å². The van der Waals surface area contributed by atoms with Crippen LogP contribution < -0.4 is 5.32 Å². The van der Waals surface area contributed by atoms with Gasteiger partial charge in [0.05, 0.1) is 10.6 Å². The number of carbonyl (C=O) groups is 1. The summed E-state index contributed by atoms with van der Waals surface area (Å²) in [6.07, 6.45) is -0.0305. The number of nitrogens with one attached hydrogen (secondary N) is 1. The van der Waals surface area contributed by atoms with Crippen LogP contribution in [0.2, 0.25) is 0 Å². The summed E-state index contributed by atoms with van der Waals surface area (Å²) in [5, 5.41) is 2.69. The highest BCUT2D eigenvalue weighted by Gasteiger charge is 2.25. The number of sulfone groups is 1. The van der Waals surface area contributed by atoms with Crippen LogP contribution in [0, 0.1) is 5.92 Å². The molecule has 0 saturated carbocycles. The smallest absolute Gasteiger partial charge is 0.407 e. The Morgan fingerprint density at radius 1 is 1.17 bits per heavy atom. The van der Waals surface area contributed by atoms with Gasteiger partial charge in [-0.15, -0.1) is 0 Å². The van der Waals surface area contributed by atoms with Crippen molar-refractivity contribution in [1.82, 2.24) is 5.32 Å². The Morgan fingerprint density at radius 3 is 2.22 bits per heavy atom. The van der Waals surface area contributed by atoms with Crippen molar-refractivity contribution in [2.75, 3.05) is 5.75 Å². The first kappa shape index (κ1) is 19.5. The lowest BCUT2D eigenvalue weighted by molar-refractivity contribution is 0.0504. The third kappa shape index (κ3) is 7.50. The zero-order valence-electron chi connectivity index (χ0n) is 14.5. The standard InChI is InChI=1S/C17H27NO4S/c1-13(2)11-14(18-16(19)22-17(3,4)5)12-23(20,21)15-9-7-6-8-10-15/h6-10,13-14H,11-12H2,1-5H3,(H,18,19)/t14-/m1/s1. The monoisotopic (exact) mass is 341 g/mol. The Morgan fingerprint density at radius 2 is 1.74 bits per heavy atom. The molecule has 0 heterocycles. The van der Waals surface area contributed by atoms with Crippen molar-refractivity contribution in [3.05, 3.63) is 30.3 Å². The average Bonchev–Trinajstić information content (AvgIpc) is 2.35. The van der Waals surface area contributed by atoms with Crippen molar-refractivity contribution in [1.29, 1.82) is 0 Å². The number of hydrogen-bond donors (Lipinski definition) is 1. The highest BCUT2D eigenvalue weighted by molar-refractivity contribution is 7.91. The Bertz CT molecular complexity index is 603. The topological polar surface area (TPSA) is 72.5 Å². The SMILES string of the molecule is CC(C)C[C@H](CS(=O)(=O)c1ccccc1)NC(=O)OC(C)(C)C. The van der Waals surface area contributed by atoms with E-state index in [-0.39, 0.29) is 16.6 Å². The van der Waals surface area contributed by atoms with Crippen LogP contribution in [0.3, 0.4) is 0 Å². The van der Waals surface area contributed by atoms with Crippen LogP contribution in [0.5, 0.6) is 0 Å². The van der Waals surface area contributed by atoms with Crippen molar-refractivity contribution in [3.8, 4) is 0 Å². The second-order valence-corrected chi connectivity index (χ2v) is 9.10. The van der Waals surface area contributed by atoms with Gasteiger partial charge in [0.1, 0.15) is 5.60 Å². The van der Waals surface area contributed by atoms with Gasteiger partial charge in [-0.05, 0) is 45.2 Å². The summed E-state index contributed by atoms with van der Waals surface area (Å²) < 4.78 is 30.2. The second-order valence-electron chi connectivity index (χ2n) is 7.07. The number of rotatable bonds is 6. The molecule has 1 aromatic carbocycles. The van der Waals surface area contributed by atoms with Crippen LogP contribution in [0.25, 0.3) is 0 Å². The van der Waals surface area contributed by atoms with Crippen molar-refractivity contribution < 1.29 is 17.9 Å². The van der Waals surface area contributed by atoms with Crippen LogP contribution >= 0.6 is 0 Å². The molecule has 0 saturated heterocycles. The fourth-order valence-corrected chi connectivity index (χ4v) is 3.71. The van der Waals surface area contributed by atoms with Gasteiger partial charge >= 0.3 is 6.09 Å². The molecule has 1 amide bonds. The van der Waals surface area contributed by atoms with E-state index in [1.807, 2.05) is 13.8 Å². The summed E-state index contributed by atoms with van der Waals surface area (Å²) in [4.78, 5) is 12.2. The van der Waals surface area contributed by atoms with Gasteiger partial charge in [-0.3, -0.25) is 0 Å². The predicted molar refractivity (Wildman–Crippen MR) is 91.1 cm³/mol. The van der Waals surface area contributed by atoms with E-state index in [1.165, 1.54) is 0 Å². The van der Waals surface area contributed by atoms with Crippen LogP contribution in [-0.2, 0) is 14.6 Å². The molecule has 1 N–H and O–H groups in total. The molecule has 0 aromatic heterocycles. The van der Waals surface area contributed by atoms with E-state index in [4.69, 9.17) is 4.74 Å². The van der Waals surface area contributed by atoms with Crippen molar-refractivity contribution >= 4 is 15.9 Å². The number of hydrogen-bond acceptors (Lipinski definition) is 4. The molecule has 6 heteroatoms. The Hall–Kier alpha value is -1.56. The fraction of sp³-hybridized carbons (Fsp3) is 0.588. The molecule has 5 nitrogen and oxygen atoms in total. The van der Waals surface area contributed by atoms with E-state index < -0.39 is 27.6 Å². The highest BCUT2D eigenvalue weighted by Crippen LogP contribution is 2.15. The van der Waals surface area contributed by atoms with E-state index in [1.54, 1.807) is 51.1 Å². The van der Waals surface area contributed by atoms with Crippen LogP contribution in [0.4, 0.5) is 4.79 Å². The molecule has 130 valence electrons. The summed E-state index contributed by atoms with van der Waals surface area (Å²) in [6.45, 7) is 9.28. The molecule has 23 heavy (non-hydrogen) atoms. The quantitative estimate of drug-likeness (QED) is 0.861. The molecule has 1 aromatic rings. The van der Waals surface area contributed by atoms with Gasteiger partial charge in [-0.2, -0.15) is 0 Å². The van der Waals surface area contributed by atoms with Crippen LogP contribution in [0.1, 0.15) is 41.0 Å². The maximum absolute atomic E-state index is 12.5. The summed E-state index contributed by atoms with van der Waals surface area (Å²) in [5.74, 6) is 0.106. The molecule has 1 atom stereocenters. The molecule has 0 spiro atoms. The Balaban J connectivity index is 2.84. The number of ether oxygens (including phenoxy) is 1. The molecule has 0 aliphatic rings. The minimum absolute atomic E-state index is 0.144. The number of amides is 1. The fourth-order valence-electron chi connectivity index (χ4n) is 2.20. The molecule has 0 bridgehead atoms. The first-order valence-electron chi connectivity index (χ1n) is 7.77. The maximum atomic E-state index is 12.5. The van der Waals surface area contributed by atoms with Gasteiger partial charge in [0.25, 0.3) is 0 Å². The van der Waals surface area contributed by atoms with Crippen molar-refractivity contribution in [2.45, 2.75) is 57.6 Å². The van der Waals surface area contributed by atoms with E-state index in [0.717, 1.165) is 0 Å². The number of alkyl carbamates (subject to hydrolysis) is 1. The lowest BCUT2D eigenvalue weighted by Crippen LogP contribution is -2.43. The van der Waals surface area contributed by atoms with E-state index >= 15 is 0 Å². The second kappa shape index (κ2) is 7.81. The van der Waals surface area contributed by atoms with E-state index in [9.17, 15) is 13.2 Å². The third-order valence-electron chi connectivity index (χ3n) is 3.00. The molecule has 0 unspecified atom stereocenters. The molecular formula is C17H27NO4S. The largest absolute Gasteiger partial charge is 0.444 e. The summed E-state index contributed by atoms with van der Waals surface area (Å²) in [7, 11) is -3.46. The van der Waals surface area contributed by atoms with Crippen LogP contribution in [-0.4, -0.2) is 31.9 Å². The third-order valence-corrected chi connectivity index (χ3v) is 4.83. The number of carbonyl (C=O) groups excluding carboxylic acids is 1. The molecule has 0 radical (unpaired) electrons. The van der Waals surface area contributed by atoms with E-state index in [2.05, 4.69) is 5.32 Å². The average molecular weight is 341 g/mol. The van der Waals surface area contributed by atoms with Crippen LogP contribution in [0.15, 0.2) is 35.2 Å². The lowest BCUT2D eigenvalue weighted by Gasteiger charge is -2.24. The molecule has 0 fully saturated rings. The Labute approximate surface area is 139 Å². The van der Waals surface area contributed by atoms with Crippen molar-refractivity contribution in [2.24, 2.45) is 5.92 Å². The Kier molecular flexibility index (Phi) is 6.62.